The Kier molecular flexibility index (Phi) is 3.15. The molecular weight excluding hydrogens is 244 g/mol. The molecule has 0 aliphatic carbocycles. The van der Waals surface area contributed by atoms with Gasteiger partial charge in [0.05, 0.1) is 11.9 Å². The average Bonchev–Trinajstić information content (AvgIpc) is 2.88. The molecule has 3 rings (SSSR count). The zero-order valence-corrected chi connectivity index (χ0v) is 12.1. The summed E-state index contributed by atoms with van der Waals surface area (Å²) in [5, 5.41) is 4.53. The number of hydrogen-bond acceptors (Lipinski definition) is 1. The second kappa shape index (κ2) is 4.97. The van der Waals surface area contributed by atoms with Crippen molar-refractivity contribution in [2.24, 2.45) is 0 Å². The van der Waals surface area contributed by atoms with Crippen molar-refractivity contribution >= 4 is 0 Å². The number of nitrogens with zero attached hydrogens (tertiary/aromatic N) is 2. The van der Waals surface area contributed by atoms with Crippen molar-refractivity contribution in [1.29, 1.82) is 0 Å². The highest BCUT2D eigenvalue weighted by molar-refractivity contribution is 5.62. The Morgan fingerprint density at radius 2 is 1.50 bits per heavy atom. The Bertz CT molecular complexity index is 716. The van der Waals surface area contributed by atoms with E-state index in [0.717, 1.165) is 5.56 Å². The highest BCUT2D eigenvalue weighted by Crippen LogP contribution is 2.24. The summed E-state index contributed by atoms with van der Waals surface area (Å²) in [4.78, 5) is 0. The van der Waals surface area contributed by atoms with Gasteiger partial charge in [-0.05, 0) is 37.5 Å². The first-order valence-electron chi connectivity index (χ1n) is 6.83. The lowest BCUT2D eigenvalue weighted by Crippen LogP contribution is -2.01. The fourth-order valence-corrected chi connectivity index (χ4v) is 2.76. The maximum Gasteiger partial charge on any atom is 0.0704 e. The van der Waals surface area contributed by atoms with Gasteiger partial charge < -0.3 is 0 Å². The SMILES string of the molecule is Cc1cc(C)c(-n2cc(-c3ccccc3)cn2)c(C)c1. The summed E-state index contributed by atoms with van der Waals surface area (Å²) in [6.45, 7) is 6.40. The second-order valence-corrected chi connectivity index (χ2v) is 5.29. The Balaban J connectivity index is 2.07. The summed E-state index contributed by atoms with van der Waals surface area (Å²) in [7, 11) is 0. The highest BCUT2D eigenvalue weighted by atomic mass is 15.3. The first kappa shape index (κ1) is 12.7. The molecule has 3 aromatic rings. The van der Waals surface area contributed by atoms with E-state index in [1.54, 1.807) is 0 Å². The molecule has 20 heavy (non-hydrogen) atoms. The van der Waals surface area contributed by atoms with Crippen LogP contribution in [0.4, 0.5) is 0 Å². The van der Waals surface area contributed by atoms with Crippen LogP contribution in [0.2, 0.25) is 0 Å². The van der Waals surface area contributed by atoms with Crippen LogP contribution in [0.15, 0.2) is 54.9 Å². The number of aromatic nitrogens is 2. The summed E-state index contributed by atoms with van der Waals surface area (Å²) < 4.78 is 1.98. The van der Waals surface area contributed by atoms with Gasteiger partial charge in [-0.2, -0.15) is 5.10 Å². The smallest absolute Gasteiger partial charge is 0.0704 e. The summed E-state index contributed by atoms with van der Waals surface area (Å²) in [6, 6.07) is 14.7. The third kappa shape index (κ3) is 2.25. The van der Waals surface area contributed by atoms with E-state index in [1.165, 1.54) is 27.9 Å². The predicted octanol–water partition coefficient (Wildman–Crippen LogP) is 4.46. The Morgan fingerprint density at radius 3 is 2.15 bits per heavy atom. The molecule has 0 amide bonds. The number of aryl methyl sites for hydroxylation is 3. The van der Waals surface area contributed by atoms with Gasteiger partial charge in [-0.1, -0.05) is 48.0 Å². The molecule has 0 saturated heterocycles. The van der Waals surface area contributed by atoms with Crippen LogP contribution in [-0.2, 0) is 0 Å². The van der Waals surface area contributed by atoms with Crippen molar-refractivity contribution < 1.29 is 0 Å². The minimum atomic E-state index is 1.14. The molecule has 2 nitrogen and oxygen atoms in total. The normalized spacial score (nSPS) is 10.8. The van der Waals surface area contributed by atoms with Gasteiger partial charge in [-0.15, -0.1) is 0 Å². The maximum atomic E-state index is 4.53. The summed E-state index contributed by atoms with van der Waals surface area (Å²) in [5.41, 5.74) is 7.32. The lowest BCUT2D eigenvalue weighted by molar-refractivity contribution is 0.864. The van der Waals surface area contributed by atoms with Crippen LogP contribution in [0, 0.1) is 20.8 Å². The molecular formula is C18H18N2. The van der Waals surface area contributed by atoms with Crippen LogP contribution in [0.25, 0.3) is 16.8 Å². The minimum Gasteiger partial charge on any atom is -0.240 e. The summed E-state index contributed by atoms with van der Waals surface area (Å²) >= 11 is 0. The molecule has 2 heteroatoms. The van der Waals surface area contributed by atoms with Crippen molar-refractivity contribution in [3.05, 3.63) is 71.5 Å². The van der Waals surface area contributed by atoms with Gasteiger partial charge in [-0.3, -0.25) is 0 Å². The lowest BCUT2D eigenvalue weighted by Gasteiger charge is -2.11. The van der Waals surface area contributed by atoms with Crippen molar-refractivity contribution in [2.45, 2.75) is 20.8 Å². The standard InChI is InChI=1S/C18H18N2/c1-13-9-14(2)18(15(3)10-13)20-12-17(11-19-20)16-7-5-4-6-8-16/h4-12H,1-3H3. The van der Waals surface area contributed by atoms with E-state index in [-0.39, 0.29) is 0 Å². The first-order valence-corrected chi connectivity index (χ1v) is 6.83. The topological polar surface area (TPSA) is 17.8 Å². The van der Waals surface area contributed by atoms with Crippen LogP contribution >= 0.6 is 0 Å². The van der Waals surface area contributed by atoms with Crippen molar-refractivity contribution in [2.75, 3.05) is 0 Å². The number of rotatable bonds is 2. The largest absolute Gasteiger partial charge is 0.240 e. The maximum absolute atomic E-state index is 4.53. The van der Waals surface area contributed by atoms with Gasteiger partial charge in [-0.25, -0.2) is 4.68 Å². The average molecular weight is 262 g/mol. The third-order valence-corrected chi connectivity index (χ3v) is 3.55. The molecule has 100 valence electrons. The monoisotopic (exact) mass is 262 g/mol. The van der Waals surface area contributed by atoms with Gasteiger partial charge in [0.15, 0.2) is 0 Å². The van der Waals surface area contributed by atoms with Crippen LogP contribution in [-0.4, -0.2) is 9.78 Å². The van der Waals surface area contributed by atoms with Crippen LogP contribution in [0.3, 0.4) is 0 Å². The molecule has 0 fully saturated rings. The quantitative estimate of drug-likeness (QED) is 0.666. The van der Waals surface area contributed by atoms with Gasteiger partial charge >= 0.3 is 0 Å². The fourth-order valence-electron chi connectivity index (χ4n) is 2.76. The molecule has 0 aliphatic heterocycles. The van der Waals surface area contributed by atoms with E-state index in [9.17, 15) is 0 Å². The van der Waals surface area contributed by atoms with Gasteiger partial charge in [0, 0.05) is 11.8 Å². The third-order valence-electron chi connectivity index (χ3n) is 3.55. The number of benzene rings is 2. The lowest BCUT2D eigenvalue weighted by atomic mass is 10.1. The molecule has 1 aromatic heterocycles. The molecule has 2 aromatic carbocycles. The van der Waals surface area contributed by atoms with E-state index < -0.39 is 0 Å². The first-order chi connectivity index (χ1) is 9.65. The predicted molar refractivity (Wildman–Crippen MR) is 83.2 cm³/mol. The second-order valence-electron chi connectivity index (χ2n) is 5.29. The van der Waals surface area contributed by atoms with E-state index >= 15 is 0 Å². The molecule has 0 N–H and O–H groups in total. The summed E-state index contributed by atoms with van der Waals surface area (Å²) in [5.74, 6) is 0. The van der Waals surface area contributed by atoms with E-state index in [2.05, 4.69) is 68.5 Å². The van der Waals surface area contributed by atoms with E-state index in [1.807, 2.05) is 16.9 Å². The highest BCUT2D eigenvalue weighted by Gasteiger charge is 2.08. The molecule has 0 saturated carbocycles. The number of hydrogen-bond donors (Lipinski definition) is 0. The van der Waals surface area contributed by atoms with E-state index in [0.29, 0.717) is 0 Å². The van der Waals surface area contributed by atoms with Crippen molar-refractivity contribution in [1.82, 2.24) is 9.78 Å². The van der Waals surface area contributed by atoms with Crippen LogP contribution < -0.4 is 0 Å². The van der Waals surface area contributed by atoms with Gasteiger partial charge in [0.2, 0.25) is 0 Å². The van der Waals surface area contributed by atoms with Gasteiger partial charge in [0.1, 0.15) is 0 Å². The molecule has 0 aliphatic rings. The Morgan fingerprint density at radius 1 is 0.850 bits per heavy atom. The van der Waals surface area contributed by atoms with E-state index in [4.69, 9.17) is 0 Å². The molecule has 0 atom stereocenters. The van der Waals surface area contributed by atoms with Crippen molar-refractivity contribution in [3.8, 4) is 16.8 Å². The molecule has 0 spiro atoms. The van der Waals surface area contributed by atoms with Crippen molar-refractivity contribution in [3.63, 3.8) is 0 Å². The molecule has 1 heterocycles. The van der Waals surface area contributed by atoms with Crippen LogP contribution in [0.1, 0.15) is 16.7 Å². The molecule has 0 bridgehead atoms. The molecule has 0 unspecified atom stereocenters. The Labute approximate surface area is 119 Å². The zero-order valence-electron chi connectivity index (χ0n) is 12.1. The Hall–Kier alpha value is -2.35. The van der Waals surface area contributed by atoms with Gasteiger partial charge in [0.25, 0.3) is 0 Å². The molecule has 0 radical (unpaired) electrons. The fraction of sp³-hybridized carbons (Fsp3) is 0.167. The minimum absolute atomic E-state index is 1.14. The zero-order chi connectivity index (χ0) is 14.1. The summed E-state index contributed by atoms with van der Waals surface area (Å²) in [6.07, 6.45) is 4.02. The van der Waals surface area contributed by atoms with Crippen LogP contribution in [0.5, 0.6) is 0 Å².